The molecule has 0 bridgehead atoms. The highest BCUT2D eigenvalue weighted by atomic mass is 32.2. The van der Waals surface area contributed by atoms with Gasteiger partial charge < -0.3 is 0 Å². The lowest BCUT2D eigenvalue weighted by Gasteiger charge is -2.36. The molecule has 1 aliphatic rings. The molecule has 0 unspecified atom stereocenters. The minimum Gasteiger partial charge on any atom is -0.284 e. The topological polar surface area (TPSA) is 34.9 Å². The normalized spacial score (nSPS) is 22.5. The van der Waals surface area contributed by atoms with Gasteiger partial charge in [-0.3, -0.25) is 9.36 Å². The van der Waals surface area contributed by atoms with E-state index in [1.165, 1.54) is 18.6 Å². The Balaban J connectivity index is 1.76. The highest BCUT2D eigenvalue weighted by Crippen LogP contribution is 2.39. The highest BCUT2D eigenvalue weighted by molar-refractivity contribution is 7.98. The van der Waals surface area contributed by atoms with Crippen LogP contribution in [0, 0.1) is 17.7 Å². The average Bonchev–Trinajstić information content (AvgIpc) is 2.70. The molecule has 0 amide bonds. The van der Waals surface area contributed by atoms with E-state index in [9.17, 15) is 9.18 Å². The molecule has 3 atom stereocenters. The van der Waals surface area contributed by atoms with Gasteiger partial charge in [-0.2, -0.15) is 0 Å². The zero-order valence-corrected chi connectivity index (χ0v) is 17.1. The molecular weight excluding hydrogens is 371 g/mol. The molecule has 0 aliphatic heterocycles. The summed E-state index contributed by atoms with van der Waals surface area (Å²) in [6.07, 6.45) is 3.36. The van der Waals surface area contributed by atoms with E-state index in [4.69, 9.17) is 4.98 Å². The van der Waals surface area contributed by atoms with Crippen LogP contribution in [0.2, 0.25) is 0 Å². The van der Waals surface area contributed by atoms with Crippen molar-refractivity contribution < 1.29 is 4.39 Å². The largest absolute Gasteiger partial charge is 0.284 e. The van der Waals surface area contributed by atoms with Crippen LogP contribution in [0.25, 0.3) is 10.9 Å². The van der Waals surface area contributed by atoms with E-state index < -0.39 is 0 Å². The standard InChI is InChI=1S/C23H25FN2OS/c1-15-6-5-9-21(16(15)2)26-22(27)19-7-3-4-8-20(19)25-23(26)28-14-17-10-12-18(24)13-11-17/h3-4,7-8,10-13,15-16,21H,5-6,9,14H2,1-2H3/t15-,16-,21+/m1/s1. The maximum absolute atomic E-state index is 13.4. The van der Waals surface area contributed by atoms with Crippen LogP contribution in [-0.2, 0) is 5.75 Å². The van der Waals surface area contributed by atoms with Crippen molar-refractivity contribution in [3.8, 4) is 0 Å². The summed E-state index contributed by atoms with van der Waals surface area (Å²) < 4.78 is 15.1. The van der Waals surface area contributed by atoms with E-state index in [1.807, 2.05) is 28.8 Å². The molecule has 2 aromatic carbocycles. The van der Waals surface area contributed by atoms with Crippen molar-refractivity contribution in [2.45, 2.75) is 50.1 Å². The van der Waals surface area contributed by atoms with Gasteiger partial charge in [-0.1, -0.05) is 62.7 Å². The molecule has 1 fully saturated rings. The highest BCUT2D eigenvalue weighted by Gasteiger charge is 2.31. The second-order valence-corrected chi connectivity index (χ2v) is 8.78. The molecule has 4 rings (SSSR count). The van der Waals surface area contributed by atoms with Crippen LogP contribution >= 0.6 is 11.8 Å². The summed E-state index contributed by atoms with van der Waals surface area (Å²) in [5, 5.41) is 1.44. The van der Waals surface area contributed by atoms with Crippen molar-refractivity contribution in [1.29, 1.82) is 0 Å². The van der Waals surface area contributed by atoms with Crippen LogP contribution in [0.5, 0.6) is 0 Å². The van der Waals surface area contributed by atoms with Crippen molar-refractivity contribution in [3.05, 3.63) is 70.3 Å². The number of rotatable bonds is 4. The maximum Gasteiger partial charge on any atom is 0.262 e. The van der Waals surface area contributed by atoms with E-state index in [0.717, 1.165) is 29.1 Å². The lowest BCUT2D eigenvalue weighted by atomic mass is 9.78. The minimum atomic E-state index is -0.237. The van der Waals surface area contributed by atoms with Crippen molar-refractivity contribution in [3.63, 3.8) is 0 Å². The van der Waals surface area contributed by atoms with Gasteiger partial charge in [0.2, 0.25) is 0 Å². The van der Waals surface area contributed by atoms with E-state index in [2.05, 4.69) is 13.8 Å². The number of para-hydroxylation sites is 1. The number of halogens is 1. The smallest absolute Gasteiger partial charge is 0.262 e. The van der Waals surface area contributed by atoms with Crippen LogP contribution in [0.3, 0.4) is 0 Å². The number of fused-ring (bicyclic) bond motifs is 1. The van der Waals surface area contributed by atoms with Crippen LogP contribution in [0.15, 0.2) is 58.5 Å². The van der Waals surface area contributed by atoms with Gasteiger partial charge in [0.25, 0.3) is 5.56 Å². The average molecular weight is 397 g/mol. The molecule has 1 aliphatic carbocycles. The Morgan fingerprint density at radius 1 is 1.11 bits per heavy atom. The predicted molar refractivity (Wildman–Crippen MR) is 113 cm³/mol. The first kappa shape index (κ1) is 19.2. The number of thioether (sulfide) groups is 1. The number of benzene rings is 2. The van der Waals surface area contributed by atoms with E-state index in [1.54, 1.807) is 23.9 Å². The Morgan fingerprint density at radius 2 is 1.86 bits per heavy atom. The Labute approximate surface area is 169 Å². The monoisotopic (exact) mass is 396 g/mol. The molecule has 0 spiro atoms. The zero-order chi connectivity index (χ0) is 19.7. The summed E-state index contributed by atoms with van der Waals surface area (Å²) in [6.45, 7) is 4.53. The molecule has 28 heavy (non-hydrogen) atoms. The molecule has 3 aromatic rings. The molecule has 1 heterocycles. The minimum absolute atomic E-state index is 0.0538. The van der Waals surface area contributed by atoms with E-state index >= 15 is 0 Å². The second kappa shape index (κ2) is 8.08. The predicted octanol–water partition coefficient (Wildman–Crippen LogP) is 5.83. The lowest BCUT2D eigenvalue weighted by Crippen LogP contribution is -2.35. The Bertz CT molecular complexity index is 1030. The molecule has 1 aromatic heterocycles. The summed E-state index contributed by atoms with van der Waals surface area (Å²) in [5.74, 6) is 1.44. The third kappa shape index (κ3) is 3.72. The van der Waals surface area contributed by atoms with Crippen molar-refractivity contribution in [1.82, 2.24) is 9.55 Å². The summed E-state index contributed by atoms with van der Waals surface area (Å²) in [5.41, 5.74) is 1.81. The van der Waals surface area contributed by atoms with Crippen molar-refractivity contribution in [2.24, 2.45) is 11.8 Å². The molecular formula is C23H25FN2OS. The fourth-order valence-electron chi connectivity index (χ4n) is 4.17. The van der Waals surface area contributed by atoms with E-state index in [-0.39, 0.29) is 17.4 Å². The first-order valence-corrected chi connectivity index (χ1v) is 10.9. The van der Waals surface area contributed by atoms with E-state index in [0.29, 0.717) is 23.0 Å². The van der Waals surface area contributed by atoms with Gasteiger partial charge in [0.1, 0.15) is 5.82 Å². The van der Waals surface area contributed by atoms with Gasteiger partial charge in [-0.25, -0.2) is 9.37 Å². The lowest BCUT2D eigenvalue weighted by molar-refractivity contribution is 0.173. The zero-order valence-electron chi connectivity index (χ0n) is 16.3. The first-order valence-electron chi connectivity index (χ1n) is 9.93. The number of hydrogen-bond donors (Lipinski definition) is 0. The fraction of sp³-hybridized carbons (Fsp3) is 0.391. The third-order valence-corrected chi connectivity index (χ3v) is 7.08. The molecule has 1 saturated carbocycles. The van der Waals surface area contributed by atoms with Crippen LogP contribution in [0.1, 0.15) is 44.7 Å². The summed E-state index contributed by atoms with van der Waals surface area (Å²) in [4.78, 5) is 18.3. The van der Waals surface area contributed by atoms with Crippen LogP contribution in [-0.4, -0.2) is 9.55 Å². The molecule has 5 heteroatoms. The van der Waals surface area contributed by atoms with Gasteiger partial charge in [0, 0.05) is 11.8 Å². The number of hydrogen-bond acceptors (Lipinski definition) is 3. The summed E-state index contributed by atoms with van der Waals surface area (Å²) >= 11 is 1.56. The molecule has 0 radical (unpaired) electrons. The Morgan fingerprint density at radius 3 is 2.64 bits per heavy atom. The molecule has 0 N–H and O–H groups in total. The first-order chi connectivity index (χ1) is 13.5. The van der Waals surface area contributed by atoms with Crippen molar-refractivity contribution >= 4 is 22.7 Å². The Hall–Kier alpha value is -2.14. The fourth-order valence-corrected chi connectivity index (χ4v) is 5.18. The van der Waals surface area contributed by atoms with Gasteiger partial charge in [-0.05, 0) is 48.1 Å². The quantitative estimate of drug-likeness (QED) is 0.411. The van der Waals surface area contributed by atoms with Gasteiger partial charge >= 0.3 is 0 Å². The summed E-state index contributed by atoms with van der Waals surface area (Å²) in [7, 11) is 0. The van der Waals surface area contributed by atoms with Gasteiger partial charge in [0.05, 0.1) is 10.9 Å². The number of nitrogens with zero attached hydrogens (tertiary/aromatic N) is 2. The van der Waals surface area contributed by atoms with Gasteiger partial charge in [0.15, 0.2) is 5.16 Å². The van der Waals surface area contributed by atoms with Crippen LogP contribution in [0.4, 0.5) is 4.39 Å². The Kier molecular flexibility index (Phi) is 5.54. The SMILES string of the molecule is C[C@@H]1[C@H](C)CCC[C@@H]1n1c(SCc2ccc(F)cc2)nc2ccccc2c1=O. The summed E-state index contributed by atoms with van der Waals surface area (Å²) in [6, 6.07) is 14.3. The maximum atomic E-state index is 13.4. The molecule has 0 saturated heterocycles. The van der Waals surface area contributed by atoms with Crippen LogP contribution < -0.4 is 5.56 Å². The molecule has 146 valence electrons. The van der Waals surface area contributed by atoms with Gasteiger partial charge in [-0.15, -0.1) is 0 Å². The third-order valence-electron chi connectivity index (χ3n) is 6.05. The van der Waals surface area contributed by atoms with Crippen molar-refractivity contribution in [2.75, 3.05) is 0 Å². The second-order valence-electron chi connectivity index (χ2n) is 7.84. The number of aromatic nitrogens is 2. The molecule has 3 nitrogen and oxygen atoms in total.